The topological polar surface area (TPSA) is 42.4 Å². The lowest BCUT2D eigenvalue weighted by atomic mass is 10.0. The highest BCUT2D eigenvalue weighted by Gasteiger charge is 2.35. The summed E-state index contributed by atoms with van der Waals surface area (Å²) in [6.45, 7) is 0.554. The van der Waals surface area contributed by atoms with Crippen LogP contribution in [0.2, 0.25) is 5.02 Å². The maximum Gasteiger partial charge on any atom is 0.255 e. The third-order valence-corrected chi connectivity index (χ3v) is 4.46. The van der Waals surface area contributed by atoms with Crippen molar-refractivity contribution >= 4 is 17.5 Å². The molecule has 1 saturated heterocycles. The van der Waals surface area contributed by atoms with E-state index in [9.17, 15) is 9.18 Å². The van der Waals surface area contributed by atoms with Gasteiger partial charge in [0, 0.05) is 31.6 Å². The maximum absolute atomic E-state index is 13.6. The van der Waals surface area contributed by atoms with Crippen molar-refractivity contribution in [2.24, 2.45) is 0 Å². The van der Waals surface area contributed by atoms with E-state index in [-0.39, 0.29) is 28.6 Å². The van der Waals surface area contributed by atoms with Crippen molar-refractivity contribution in [2.75, 3.05) is 13.7 Å². The van der Waals surface area contributed by atoms with Crippen LogP contribution in [-0.2, 0) is 4.74 Å². The van der Waals surface area contributed by atoms with Gasteiger partial charge in [0.1, 0.15) is 11.9 Å². The molecule has 0 bridgehead atoms. The number of hydrogen-bond acceptors (Lipinski definition) is 3. The minimum atomic E-state index is -0.600. The van der Waals surface area contributed by atoms with Crippen LogP contribution in [0.25, 0.3) is 0 Å². The number of pyridine rings is 1. The second-order valence-electron chi connectivity index (χ2n) is 5.45. The predicted molar refractivity (Wildman–Crippen MR) is 84.8 cm³/mol. The molecule has 2 aromatic rings. The van der Waals surface area contributed by atoms with Gasteiger partial charge < -0.3 is 9.64 Å². The van der Waals surface area contributed by atoms with Gasteiger partial charge in [-0.1, -0.05) is 23.7 Å². The van der Waals surface area contributed by atoms with Crippen LogP contribution >= 0.6 is 11.6 Å². The van der Waals surface area contributed by atoms with E-state index >= 15 is 0 Å². The zero-order chi connectivity index (χ0) is 16.4. The Morgan fingerprint density at radius 3 is 2.96 bits per heavy atom. The van der Waals surface area contributed by atoms with E-state index in [2.05, 4.69) is 4.98 Å². The molecule has 1 aromatic carbocycles. The summed E-state index contributed by atoms with van der Waals surface area (Å²) in [5, 5.41) is -0.152. The summed E-state index contributed by atoms with van der Waals surface area (Å²) in [5.41, 5.74) is 1.07. The molecule has 4 nitrogen and oxygen atoms in total. The number of ether oxygens (including phenoxy) is 1. The Bertz CT molecular complexity index is 711. The number of likely N-dealkylation sites (N-methyl/N-ethyl adjacent to an activating group) is 1. The minimum absolute atomic E-state index is 0.147. The number of carbonyl (C=O) groups is 1. The number of aromatic nitrogens is 1. The van der Waals surface area contributed by atoms with Crippen molar-refractivity contribution in [3.8, 4) is 0 Å². The van der Waals surface area contributed by atoms with E-state index < -0.39 is 5.82 Å². The van der Waals surface area contributed by atoms with Gasteiger partial charge in [-0.25, -0.2) is 4.39 Å². The average molecular weight is 335 g/mol. The quantitative estimate of drug-likeness (QED) is 0.863. The summed E-state index contributed by atoms with van der Waals surface area (Å²) in [6.07, 6.45) is 3.88. The van der Waals surface area contributed by atoms with Gasteiger partial charge in [-0.15, -0.1) is 0 Å². The van der Waals surface area contributed by atoms with E-state index in [1.54, 1.807) is 24.3 Å². The van der Waals surface area contributed by atoms with Crippen LogP contribution in [0.4, 0.5) is 4.39 Å². The highest BCUT2D eigenvalue weighted by atomic mass is 35.5. The van der Waals surface area contributed by atoms with E-state index in [4.69, 9.17) is 16.3 Å². The number of carbonyl (C=O) groups excluding carboxylic acids is 1. The third kappa shape index (κ3) is 3.07. The van der Waals surface area contributed by atoms with Gasteiger partial charge in [-0.3, -0.25) is 9.78 Å². The van der Waals surface area contributed by atoms with Crippen molar-refractivity contribution in [3.63, 3.8) is 0 Å². The number of rotatable bonds is 3. The second-order valence-corrected chi connectivity index (χ2v) is 5.83. The Morgan fingerprint density at radius 2 is 2.22 bits per heavy atom. The number of hydrogen-bond donors (Lipinski definition) is 0. The molecule has 0 N–H and O–H groups in total. The molecule has 1 aliphatic heterocycles. The number of halogens is 2. The van der Waals surface area contributed by atoms with Crippen LogP contribution in [0, 0.1) is 5.82 Å². The SMILES string of the molecule is CN(C(=O)c1cccc(F)c1Cl)[C@H]1CCO[C@@H]1c1cccnc1. The molecule has 120 valence electrons. The summed E-state index contributed by atoms with van der Waals surface area (Å²) in [4.78, 5) is 18.4. The maximum atomic E-state index is 13.6. The molecule has 0 aliphatic carbocycles. The van der Waals surface area contributed by atoms with E-state index in [1.165, 1.54) is 18.2 Å². The molecule has 1 fully saturated rings. The first-order valence-electron chi connectivity index (χ1n) is 7.32. The average Bonchev–Trinajstić information content (AvgIpc) is 3.06. The van der Waals surface area contributed by atoms with E-state index in [1.807, 2.05) is 12.1 Å². The van der Waals surface area contributed by atoms with Gasteiger partial charge in [-0.05, 0) is 24.6 Å². The molecule has 2 atom stereocenters. The first-order valence-corrected chi connectivity index (χ1v) is 7.70. The highest BCUT2D eigenvalue weighted by molar-refractivity contribution is 6.34. The molecule has 1 amide bonds. The molecular formula is C17H16ClFN2O2. The Labute approximate surface area is 138 Å². The fraction of sp³-hybridized carbons (Fsp3) is 0.294. The van der Waals surface area contributed by atoms with Gasteiger partial charge in [0.25, 0.3) is 5.91 Å². The van der Waals surface area contributed by atoms with E-state index in [0.29, 0.717) is 13.0 Å². The molecule has 1 aliphatic rings. The molecule has 1 aromatic heterocycles. The van der Waals surface area contributed by atoms with Crippen LogP contribution in [0.15, 0.2) is 42.7 Å². The predicted octanol–water partition coefficient (Wildman–Crippen LogP) is 3.48. The van der Waals surface area contributed by atoms with Crippen LogP contribution in [0.3, 0.4) is 0 Å². The van der Waals surface area contributed by atoms with Crippen LogP contribution in [0.1, 0.15) is 28.4 Å². The number of nitrogens with zero attached hydrogens (tertiary/aromatic N) is 2. The van der Waals surface area contributed by atoms with E-state index in [0.717, 1.165) is 5.56 Å². The zero-order valence-electron chi connectivity index (χ0n) is 12.6. The van der Waals surface area contributed by atoms with Crippen LogP contribution < -0.4 is 0 Å². The van der Waals surface area contributed by atoms with Crippen molar-refractivity contribution in [1.82, 2.24) is 9.88 Å². The lowest BCUT2D eigenvalue weighted by Crippen LogP contribution is -2.39. The largest absolute Gasteiger partial charge is 0.371 e. The molecule has 2 heterocycles. The number of benzene rings is 1. The van der Waals surface area contributed by atoms with Gasteiger partial charge in [0.15, 0.2) is 0 Å². The van der Waals surface area contributed by atoms with Crippen LogP contribution in [0.5, 0.6) is 0 Å². The van der Waals surface area contributed by atoms with Crippen molar-refractivity contribution in [1.29, 1.82) is 0 Å². The normalized spacial score (nSPS) is 20.5. The Morgan fingerprint density at radius 1 is 1.39 bits per heavy atom. The fourth-order valence-corrected chi connectivity index (χ4v) is 3.05. The Hall–Kier alpha value is -1.98. The monoisotopic (exact) mass is 334 g/mol. The standard InChI is InChI=1S/C17H16ClFN2O2/c1-21(17(22)12-5-2-6-13(19)15(12)18)14-7-9-23-16(14)11-4-3-8-20-10-11/h2-6,8,10,14,16H,7,9H2,1H3/t14-,16+/m0/s1. The van der Waals surface area contributed by atoms with Gasteiger partial charge >= 0.3 is 0 Å². The first kappa shape index (κ1) is 15.9. The molecular weight excluding hydrogens is 319 g/mol. The lowest BCUT2D eigenvalue weighted by Gasteiger charge is -2.29. The smallest absolute Gasteiger partial charge is 0.255 e. The third-order valence-electron chi connectivity index (χ3n) is 4.07. The first-order chi connectivity index (χ1) is 11.1. The molecule has 0 spiro atoms. The van der Waals surface area contributed by atoms with Gasteiger partial charge in [0.05, 0.1) is 16.6 Å². The van der Waals surface area contributed by atoms with Crippen molar-refractivity contribution in [3.05, 3.63) is 64.7 Å². The molecule has 0 radical (unpaired) electrons. The highest BCUT2D eigenvalue weighted by Crippen LogP contribution is 2.33. The molecule has 3 rings (SSSR count). The molecule has 23 heavy (non-hydrogen) atoms. The second kappa shape index (κ2) is 6.64. The summed E-state index contributed by atoms with van der Waals surface area (Å²) < 4.78 is 19.4. The molecule has 0 unspecified atom stereocenters. The lowest BCUT2D eigenvalue weighted by molar-refractivity contribution is 0.0515. The zero-order valence-corrected chi connectivity index (χ0v) is 13.3. The molecule has 6 heteroatoms. The van der Waals surface area contributed by atoms with Gasteiger partial charge in [0.2, 0.25) is 0 Å². The van der Waals surface area contributed by atoms with Crippen molar-refractivity contribution < 1.29 is 13.9 Å². The van der Waals surface area contributed by atoms with Crippen molar-refractivity contribution in [2.45, 2.75) is 18.6 Å². The fourth-order valence-electron chi connectivity index (χ4n) is 2.85. The summed E-state index contributed by atoms with van der Waals surface area (Å²) in [7, 11) is 1.69. The summed E-state index contributed by atoms with van der Waals surface area (Å²) in [5.74, 6) is -0.920. The Kier molecular flexibility index (Phi) is 4.59. The molecule has 0 saturated carbocycles. The minimum Gasteiger partial charge on any atom is -0.371 e. The Balaban J connectivity index is 1.85. The number of amides is 1. The summed E-state index contributed by atoms with van der Waals surface area (Å²) in [6, 6.07) is 7.84. The van der Waals surface area contributed by atoms with Gasteiger partial charge in [-0.2, -0.15) is 0 Å². The van der Waals surface area contributed by atoms with Crippen LogP contribution in [-0.4, -0.2) is 35.5 Å². The summed E-state index contributed by atoms with van der Waals surface area (Å²) >= 11 is 5.93.